The Kier molecular flexibility index (Phi) is 9.57. The summed E-state index contributed by atoms with van der Waals surface area (Å²) < 4.78 is 0. The third-order valence-corrected chi connectivity index (χ3v) is 4.36. The third-order valence-electron chi connectivity index (χ3n) is 3.78. The zero-order chi connectivity index (χ0) is 18.8. The van der Waals surface area contributed by atoms with E-state index in [0.717, 1.165) is 37.7 Å². The largest absolute Gasteiger partial charge is 0.478 e. The van der Waals surface area contributed by atoms with Crippen LogP contribution in [-0.4, -0.2) is 33.4 Å². The molecule has 0 saturated heterocycles. The average molecular weight is 389 g/mol. The van der Waals surface area contributed by atoms with Crippen LogP contribution in [0.4, 0.5) is 0 Å². The number of carboxylic acid groups (broad SMARTS) is 2. The van der Waals surface area contributed by atoms with E-state index in [9.17, 15) is 14.7 Å². The Balaban J connectivity index is 2.24. The number of hydrogen-bond donors (Lipinski definition) is 3. The number of carboxylic acids is 2. The fourth-order valence-electron chi connectivity index (χ4n) is 2.49. The molecule has 0 radical (unpaired) electrons. The van der Waals surface area contributed by atoms with Crippen molar-refractivity contribution in [2.24, 2.45) is 0 Å². The topological polar surface area (TPSA) is 94.8 Å². The van der Waals surface area contributed by atoms with Gasteiger partial charge >= 0.3 is 11.9 Å². The highest BCUT2D eigenvalue weighted by molar-refractivity contribution is 6.35. The summed E-state index contributed by atoms with van der Waals surface area (Å²) in [5.41, 5.74) is 0.758. The summed E-state index contributed by atoms with van der Waals surface area (Å²) in [4.78, 5) is 21.5. The minimum atomic E-state index is -1.33. The number of aliphatic hydroxyl groups is 1. The van der Waals surface area contributed by atoms with Gasteiger partial charge in [-0.1, -0.05) is 48.5 Å². The number of rotatable bonds is 11. The van der Waals surface area contributed by atoms with Crippen LogP contribution >= 0.6 is 23.2 Å². The van der Waals surface area contributed by atoms with Gasteiger partial charge in [0.1, 0.15) is 0 Å². The predicted octanol–water partition coefficient (Wildman–Crippen LogP) is 4.33. The molecule has 1 unspecified atom stereocenters. The lowest BCUT2D eigenvalue weighted by atomic mass is 10.0. The summed E-state index contributed by atoms with van der Waals surface area (Å²) in [7, 11) is 0. The highest BCUT2D eigenvalue weighted by Crippen LogP contribution is 2.23. The fourth-order valence-corrected chi connectivity index (χ4v) is 2.99. The van der Waals surface area contributed by atoms with Gasteiger partial charge < -0.3 is 15.3 Å². The highest BCUT2D eigenvalue weighted by Gasteiger charge is 2.15. The van der Waals surface area contributed by atoms with Crippen LogP contribution in [0.1, 0.15) is 44.1 Å². The number of aliphatic carboxylic acids is 2. The van der Waals surface area contributed by atoms with E-state index in [1.165, 1.54) is 0 Å². The summed E-state index contributed by atoms with van der Waals surface area (Å²) in [5, 5.41) is 28.6. The van der Waals surface area contributed by atoms with Crippen molar-refractivity contribution in [2.75, 3.05) is 0 Å². The molecule has 3 N–H and O–H groups in total. The molecule has 1 aromatic rings. The maximum atomic E-state index is 10.9. The Bertz CT molecular complexity index is 628. The van der Waals surface area contributed by atoms with E-state index in [0.29, 0.717) is 22.5 Å². The van der Waals surface area contributed by atoms with Gasteiger partial charge in [-0.2, -0.15) is 0 Å². The molecule has 25 heavy (non-hydrogen) atoms. The minimum Gasteiger partial charge on any atom is -0.478 e. The van der Waals surface area contributed by atoms with Crippen LogP contribution in [0.2, 0.25) is 10.0 Å². The van der Waals surface area contributed by atoms with Gasteiger partial charge in [0.15, 0.2) is 0 Å². The number of aliphatic hydroxyl groups excluding tert-OH is 1. The van der Waals surface area contributed by atoms with E-state index in [4.69, 9.17) is 33.4 Å². The number of carbonyl (C=O) groups is 2. The Morgan fingerprint density at radius 2 is 1.76 bits per heavy atom. The molecule has 5 nitrogen and oxygen atoms in total. The van der Waals surface area contributed by atoms with E-state index in [2.05, 4.69) is 0 Å². The first-order valence-corrected chi connectivity index (χ1v) is 8.84. The number of unbranched alkanes of at least 4 members (excludes halogenated alkanes) is 3. The first kappa shape index (κ1) is 21.5. The standard InChI is InChI=1S/C18H22Cl2O5/c19-14-8-7-12(16(20)11-14)5-3-1-2-4-6-15(21)9-13(18(24)25)10-17(22)23/h7-8,10-11,15,21H,1-6,9H2,(H,22,23)(H,24,25). The molecule has 0 aliphatic heterocycles. The van der Waals surface area contributed by atoms with E-state index in [-0.39, 0.29) is 12.0 Å². The van der Waals surface area contributed by atoms with Crippen LogP contribution in [0.5, 0.6) is 0 Å². The van der Waals surface area contributed by atoms with Crippen molar-refractivity contribution in [3.8, 4) is 0 Å². The molecule has 0 heterocycles. The molecule has 0 bridgehead atoms. The molecule has 1 atom stereocenters. The van der Waals surface area contributed by atoms with Crippen molar-refractivity contribution in [1.82, 2.24) is 0 Å². The highest BCUT2D eigenvalue weighted by atomic mass is 35.5. The molecule has 1 aromatic carbocycles. The van der Waals surface area contributed by atoms with Crippen LogP contribution in [-0.2, 0) is 16.0 Å². The second-order valence-corrected chi connectivity index (χ2v) is 6.70. The fraction of sp³-hybridized carbons (Fsp3) is 0.444. The average Bonchev–Trinajstić information content (AvgIpc) is 2.51. The lowest BCUT2D eigenvalue weighted by molar-refractivity contribution is -0.135. The van der Waals surface area contributed by atoms with Gasteiger partial charge in [-0.3, -0.25) is 0 Å². The van der Waals surface area contributed by atoms with Crippen LogP contribution in [0.25, 0.3) is 0 Å². The molecular formula is C18H22Cl2O5. The van der Waals surface area contributed by atoms with Gasteiger partial charge in [-0.25, -0.2) is 9.59 Å². The van der Waals surface area contributed by atoms with Crippen LogP contribution in [0.15, 0.2) is 29.8 Å². The van der Waals surface area contributed by atoms with Crippen molar-refractivity contribution in [1.29, 1.82) is 0 Å². The predicted molar refractivity (Wildman–Crippen MR) is 97.2 cm³/mol. The van der Waals surface area contributed by atoms with Gasteiger partial charge in [0.2, 0.25) is 0 Å². The molecule has 0 amide bonds. The Labute approximate surface area is 156 Å². The van der Waals surface area contributed by atoms with Crippen LogP contribution < -0.4 is 0 Å². The monoisotopic (exact) mass is 388 g/mol. The molecule has 0 spiro atoms. The molecule has 138 valence electrons. The van der Waals surface area contributed by atoms with Crippen molar-refractivity contribution in [3.63, 3.8) is 0 Å². The van der Waals surface area contributed by atoms with Gasteiger partial charge in [0, 0.05) is 28.1 Å². The van der Waals surface area contributed by atoms with Crippen LogP contribution in [0.3, 0.4) is 0 Å². The summed E-state index contributed by atoms with van der Waals surface area (Å²) in [6.45, 7) is 0. The van der Waals surface area contributed by atoms with Crippen molar-refractivity contribution >= 4 is 35.1 Å². The Morgan fingerprint density at radius 1 is 1.08 bits per heavy atom. The van der Waals surface area contributed by atoms with E-state index in [1.807, 2.05) is 12.1 Å². The summed E-state index contributed by atoms with van der Waals surface area (Å²) in [6.07, 6.45) is 4.45. The number of benzene rings is 1. The molecule has 1 rings (SSSR count). The van der Waals surface area contributed by atoms with E-state index in [1.54, 1.807) is 6.07 Å². The second kappa shape index (κ2) is 11.1. The number of hydrogen-bond acceptors (Lipinski definition) is 3. The smallest absolute Gasteiger partial charge is 0.331 e. The third kappa shape index (κ3) is 8.91. The molecule has 0 aliphatic carbocycles. The van der Waals surface area contributed by atoms with Gasteiger partial charge in [-0.15, -0.1) is 0 Å². The first-order chi connectivity index (χ1) is 11.8. The summed E-state index contributed by atoms with van der Waals surface area (Å²) >= 11 is 12.0. The maximum Gasteiger partial charge on any atom is 0.331 e. The van der Waals surface area contributed by atoms with Gasteiger partial charge in [0.05, 0.1) is 6.10 Å². The van der Waals surface area contributed by atoms with Crippen molar-refractivity contribution in [2.45, 2.75) is 51.0 Å². The zero-order valence-electron chi connectivity index (χ0n) is 13.8. The normalized spacial score (nSPS) is 12.8. The lowest BCUT2D eigenvalue weighted by Gasteiger charge is -2.10. The Morgan fingerprint density at radius 3 is 2.36 bits per heavy atom. The number of halogens is 2. The number of aryl methyl sites for hydroxylation is 1. The van der Waals surface area contributed by atoms with Gasteiger partial charge in [-0.05, 0) is 37.0 Å². The van der Waals surface area contributed by atoms with Gasteiger partial charge in [0.25, 0.3) is 0 Å². The van der Waals surface area contributed by atoms with Crippen molar-refractivity contribution in [3.05, 3.63) is 45.5 Å². The van der Waals surface area contributed by atoms with Crippen LogP contribution in [0, 0.1) is 0 Å². The molecule has 0 aliphatic rings. The lowest BCUT2D eigenvalue weighted by Crippen LogP contribution is -2.13. The summed E-state index contributed by atoms with van der Waals surface area (Å²) in [6, 6.07) is 5.44. The maximum absolute atomic E-state index is 10.9. The molecular weight excluding hydrogens is 367 g/mol. The SMILES string of the molecule is O=C(O)C=C(CC(O)CCCCCCc1ccc(Cl)cc1Cl)C(=O)O. The molecule has 7 heteroatoms. The minimum absolute atomic E-state index is 0.165. The van der Waals surface area contributed by atoms with E-state index < -0.39 is 18.0 Å². The molecule has 0 fully saturated rings. The molecule has 0 saturated carbocycles. The Hall–Kier alpha value is -1.56. The summed E-state index contributed by atoms with van der Waals surface area (Å²) in [5.74, 6) is -2.65. The van der Waals surface area contributed by atoms with Crippen molar-refractivity contribution < 1.29 is 24.9 Å². The quantitative estimate of drug-likeness (QED) is 0.387. The zero-order valence-corrected chi connectivity index (χ0v) is 15.3. The molecule has 0 aromatic heterocycles. The van der Waals surface area contributed by atoms with E-state index >= 15 is 0 Å². The first-order valence-electron chi connectivity index (χ1n) is 8.08. The second-order valence-electron chi connectivity index (χ2n) is 5.86.